The van der Waals surface area contributed by atoms with Gasteiger partial charge in [0.1, 0.15) is 5.82 Å². The van der Waals surface area contributed by atoms with E-state index in [0.717, 1.165) is 31.4 Å². The molecule has 1 saturated carbocycles. The Labute approximate surface area is 104 Å². The fourth-order valence-corrected chi connectivity index (χ4v) is 2.46. The molecule has 1 aliphatic carbocycles. The van der Waals surface area contributed by atoms with Crippen molar-refractivity contribution in [3.05, 3.63) is 28.5 Å². The molecule has 3 N–H and O–H groups in total. The second-order valence-corrected chi connectivity index (χ2v) is 5.24. The number of halogens is 2. The van der Waals surface area contributed by atoms with Gasteiger partial charge in [0.2, 0.25) is 0 Å². The minimum Gasteiger partial charge on any atom is -0.382 e. The second-order valence-electron chi connectivity index (χ2n) is 4.38. The van der Waals surface area contributed by atoms with Gasteiger partial charge in [-0.05, 0) is 59.8 Å². The summed E-state index contributed by atoms with van der Waals surface area (Å²) in [5, 5.41) is 3.42. The third-order valence-electron chi connectivity index (χ3n) is 3.06. The normalized spacial score (nSPS) is 25.4. The standard InChI is InChI=1S/C12H16BrFN2/c13-11-7-10(5-6-12(11)14)16-9-3-1-8(15)2-4-9/h5-9,16H,1-4,15H2. The monoisotopic (exact) mass is 286 g/mol. The maximum atomic E-state index is 13.0. The van der Waals surface area contributed by atoms with E-state index in [9.17, 15) is 4.39 Å². The molecule has 1 fully saturated rings. The van der Waals surface area contributed by atoms with Crippen LogP contribution >= 0.6 is 15.9 Å². The van der Waals surface area contributed by atoms with Gasteiger partial charge in [0.15, 0.2) is 0 Å². The van der Waals surface area contributed by atoms with E-state index in [0.29, 0.717) is 16.6 Å². The Morgan fingerprint density at radius 1 is 1.25 bits per heavy atom. The predicted octanol–water partition coefficient (Wildman–Crippen LogP) is 3.27. The van der Waals surface area contributed by atoms with Crippen molar-refractivity contribution in [2.75, 3.05) is 5.32 Å². The van der Waals surface area contributed by atoms with Gasteiger partial charge in [-0.2, -0.15) is 0 Å². The zero-order chi connectivity index (χ0) is 11.5. The van der Waals surface area contributed by atoms with Gasteiger partial charge in [0, 0.05) is 17.8 Å². The molecule has 0 bridgehead atoms. The van der Waals surface area contributed by atoms with E-state index in [1.54, 1.807) is 12.1 Å². The number of hydrogen-bond donors (Lipinski definition) is 2. The number of nitrogens with two attached hydrogens (primary N) is 1. The van der Waals surface area contributed by atoms with Crippen LogP contribution in [0, 0.1) is 5.82 Å². The van der Waals surface area contributed by atoms with Crippen molar-refractivity contribution < 1.29 is 4.39 Å². The first-order valence-electron chi connectivity index (χ1n) is 5.62. The predicted molar refractivity (Wildman–Crippen MR) is 68.0 cm³/mol. The summed E-state index contributed by atoms with van der Waals surface area (Å²) in [6.45, 7) is 0. The Balaban J connectivity index is 1.96. The first kappa shape index (κ1) is 11.9. The summed E-state index contributed by atoms with van der Waals surface area (Å²) in [5.74, 6) is -0.226. The van der Waals surface area contributed by atoms with Gasteiger partial charge in [0.05, 0.1) is 4.47 Å². The van der Waals surface area contributed by atoms with Crippen LogP contribution in [0.15, 0.2) is 22.7 Å². The Hall–Kier alpha value is -0.610. The maximum Gasteiger partial charge on any atom is 0.137 e. The van der Waals surface area contributed by atoms with Crippen LogP contribution in [0.5, 0.6) is 0 Å². The van der Waals surface area contributed by atoms with Crippen LogP contribution in [0.1, 0.15) is 25.7 Å². The van der Waals surface area contributed by atoms with E-state index in [-0.39, 0.29) is 5.82 Å². The number of nitrogens with one attached hydrogen (secondary N) is 1. The second kappa shape index (κ2) is 5.15. The van der Waals surface area contributed by atoms with Crippen molar-refractivity contribution in [1.82, 2.24) is 0 Å². The molecule has 1 aromatic rings. The molecule has 0 heterocycles. The highest BCUT2D eigenvalue weighted by atomic mass is 79.9. The summed E-state index contributed by atoms with van der Waals surface area (Å²) in [6, 6.07) is 5.86. The molecule has 88 valence electrons. The Bertz CT molecular complexity index is 362. The van der Waals surface area contributed by atoms with Gasteiger partial charge >= 0.3 is 0 Å². The van der Waals surface area contributed by atoms with Crippen molar-refractivity contribution in [1.29, 1.82) is 0 Å². The lowest BCUT2D eigenvalue weighted by Crippen LogP contribution is -2.32. The van der Waals surface area contributed by atoms with Crippen LogP contribution in [-0.4, -0.2) is 12.1 Å². The summed E-state index contributed by atoms with van der Waals surface area (Å²) < 4.78 is 13.5. The molecule has 0 amide bonds. The minimum absolute atomic E-state index is 0.226. The highest BCUT2D eigenvalue weighted by Gasteiger charge is 2.18. The van der Waals surface area contributed by atoms with Gasteiger partial charge in [-0.3, -0.25) is 0 Å². The number of hydrogen-bond acceptors (Lipinski definition) is 2. The third kappa shape index (κ3) is 2.95. The first-order valence-corrected chi connectivity index (χ1v) is 6.41. The molecule has 0 atom stereocenters. The molecule has 2 nitrogen and oxygen atoms in total. The molecule has 0 aromatic heterocycles. The summed E-state index contributed by atoms with van der Waals surface area (Å²) in [7, 11) is 0. The van der Waals surface area contributed by atoms with Gasteiger partial charge < -0.3 is 11.1 Å². The lowest BCUT2D eigenvalue weighted by atomic mass is 9.92. The molecule has 16 heavy (non-hydrogen) atoms. The Kier molecular flexibility index (Phi) is 3.82. The molecule has 1 aliphatic rings. The topological polar surface area (TPSA) is 38.0 Å². The van der Waals surface area contributed by atoms with Crippen LogP contribution in [0.25, 0.3) is 0 Å². The summed E-state index contributed by atoms with van der Waals surface area (Å²) >= 11 is 3.19. The van der Waals surface area contributed by atoms with Gasteiger partial charge in [-0.25, -0.2) is 4.39 Å². The molecule has 1 aromatic carbocycles. The largest absolute Gasteiger partial charge is 0.382 e. The smallest absolute Gasteiger partial charge is 0.137 e. The highest BCUT2D eigenvalue weighted by Crippen LogP contribution is 2.24. The molecule has 0 radical (unpaired) electrons. The van der Waals surface area contributed by atoms with Gasteiger partial charge in [-0.1, -0.05) is 0 Å². The van der Waals surface area contributed by atoms with Gasteiger partial charge in [-0.15, -0.1) is 0 Å². The van der Waals surface area contributed by atoms with E-state index in [1.165, 1.54) is 6.07 Å². The van der Waals surface area contributed by atoms with E-state index >= 15 is 0 Å². The van der Waals surface area contributed by atoms with Crippen LogP contribution in [0.3, 0.4) is 0 Å². The zero-order valence-electron chi connectivity index (χ0n) is 9.05. The van der Waals surface area contributed by atoms with Crippen molar-refractivity contribution in [2.24, 2.45) is 5.73 Å². The Morgan fingerprint density at radius 3 is 2.56 bits per heavy atom. The molecule has 0 aliphatic heterocycles. The van der Waals surface area contributed by atoms with E-state index < -0.39 is 0 Å². The van der Waals surface area contributed by atoms with Crippen LogP contribution in [-0.2, 0) is 0 Å². The van der Waals surface area contributed by atoms with Crippen LogP contribution in [0.2, 0.25) is 0 Å². The summed E-state index contributed by atoms with van der Waals surface area (Å²) in [5.41, 5.74) is 6.82. The summed E-state index contributed by atoms with van der Waals surface area (Å²) in [4.78, 5) is 0. The molecule has 0 unspecified atom stereocenters. The average Bonchev–Trinajstić information content (AvgIpc) is 2.27. The maximum absolute atomic E-state index is 13.0. The SMILES string of the molecule is NC1CCC(Nc2ccc(F)c(Br)c2)CC1. The minimum atomic E-state index is -0.226. The summed E-state index contributed by atoms with van der Waals surface area (Å²) in [6.07, 6.45) is 4.33. The van der Waals surface area contributed by atoms with Gasteiger partial charge in [0.25, 0.3) is 0 Å². The van der Waals surface area contributed by atoms with E-state index in [1.807, 2.05) is 0 Å². The zero-order valence-corrected chi connectivity index (χ0v) is 10.6. The number of rotatable bonds is 2. The lowest BCUT2D eigenvalue weighted by molar-refractivity contribution is 0.411. The van der Waals surface area contributed by atoms with Crippen LogP contribution < -0.4 is 11.1 Å². The quantitative estimate of drug-likeness (QED) is 0.876. The number of anilines is 1. The molecular formula is C12H16BrFN2. The molecule has 0 saturated heterocycles. The van der Waals surface area contributed by atoms with Crippen molar-refractivity contribution >= 4 is 21.6 Å². The lowest BCUT2D eigenvalue weighted by Gasteiger charge is -2.27. The fourth-order valence-electron chi connectivity index (χ4n) is 2.09. The van der Waals surface area contributed by atoms with Crippen molar-refractivity contribution in [3.63, 3.8) is 0 Å². The van der Waals surface area contributed by atoms with Crippen molar-refractivity contribution in [3.8, 4) is 0 Å². The Morgan fingerprint density at radius 2 is 1.94 bits per heavy atom. The molecule has 0 spiro atoms. The van der Waals surface area contributed by atoms with Crippen LogP contribution in [0.4, 0.5) is 10.1 Å². The van der Waals surface area contributed by atoms with Crippen molar-refractivity contribution in [2.45, 2.75) is 37.8 Å². The average molecular weight is 287 g/mol. The fraction of sp³-hybridized carbons (Fsp3) is 0.500. The van der Waals surface area contributed by atoms with E-state index in [4.69, 9.17) is 5.73 Å². The number of benzene rings is 1. The molecular weight excluding hydrogens is 271 g/mol. The highest BCUT2D eigenvalue weighted by molar-refractivity contribution is 9.10. The first-order chi connectivity index (χ1) is 7.65. The molecule has 2 rings (SSSR count). The third-order valence-corrected chi connectivity index (χ3v) is 3.67. The van der Waals surface area contributed by atoms with E-state index in [2.05, 4.69) is 21.2 Å². The molecule has 4 heteroatoms.